The van der Waals surface area contributed by atoms with Crippen LogP contribution in [-0.4, -0.2) is 0 Å². The van der Waals surface area contributed by atoms with E-state index in [1.54, 1.807) is 6.07 Å². The van der Waals surface area contributed by atoms with Gasteiger partial charge in [-0.2, -0.15) is 9.65 Å². The van der Waals surface area contributed by atoms with E-state index in [0.29, 0.717) is 0 Å². The zero-order valence-corrected chi connectivity index (χ0v) is 14.9. The first-order valence-corrected chi connectivity index (χ1v) is 9.56. The van der Waals surface area contributed by atoms with E-state index in [-0.39, 0.29) is 5.92 Å². The molecule has 1 aromatic carbocycles. The van der Waals surface area contributed by atoms with E-state index >= 15 is 0 Å². The van der Waals surface area contributed by atoms with Crippen LogP contribution in [0.3, 0.4) is 0 Å². The minimum atomic E-state index is -0.608. The number of unbranched alkanes of at least 4 members (excludes halogenated alkanes) is 1. The maximum Gasteiger partial charge on any atom is 0.196 e. The third-order valence-electron chi connectivity index (χ3n) is 5.27. The van der Waals surface area contributed by atoms with E-state index in [4.69, 9.17) is 5.26 Å². The molecule has 1 aromatic rings. The van der Waals surface area contributed by atoms with Gasteiger partial charge in [0.05, 0.1) is 0 Å². The van der Waals surface area contributed by atoms with Gasteiger partial charge >= 0.3 is 0 Å². The lowest BCUT2D eigenvalue weighted by Crippen LogP contribution is -2.13. The van der Waals surface area contributed by atoms with Gasteiger partial charge < -0.3 is 0 Å². The Morgan fingerprint density at radius 1 is 1.08 bits per heavy atom. The maximum absolute atomic E-state index is 13.0. The van der Waals surface area contributed by atoms with Crippen LogP contribution < -0.4 is 0 Å². The third kappa shape index (κ3) is 6.48. The summed E-state index contributed by atoms with van der Waals surface area (Å²) in [6.45, 7) is 2.22. The molecule has 0 unspecified atom stereocenters. The van der Waals surface area contributed by atoms with Crippen LogP contribution >= 0.6 is 0 Å². The van der Waals surface area contributed by atoms with E-state index in [9.17, 15) is 4.39 Å². The van der Waals surface area contributed by atoms with Crippen LogP contribution in [-0.2, 0) is 12.8 Å². The van der Waals surface area contributed by atoms with Crippen LogP contribution in [0.5, 0.6) is 0 Å². The molecule has 0 radical (unpaired) electrons. The molecule has 0 amide bonds. The fraction of sp³-hybridized carbons (Fsp3) is 0.591. The average Bonchev–Trinajstić information content (AvgIpc) is 2.61. The molecule has 2 rings (SSSR count). The zero-order chi connectivity index (χ0) is 17.2. The summed E-state index contributed by atoms with van der Waals surface area (Å²) in [6, 6.07) is 10.7. The maximum atomic E-state index is 13.0. The minimum absolute atomic E-state index is 0.280. The number of rotatable bonds is 8. The SMILES string of the molecule is CCCc1ccc(CCCC[C@H]2CC[C@H](C=C(F)C#N)CC2)cc1. The number of aryl methyl sites for hydroxylation is 2. The van der Waals surface area contributed by atoms with Crippen molar-refractivity contribution in [2.24, 2.45) is 11.8 Å². The Hall–Kier alpha value is -1.62. The van der Waals surface area contributed by atoms with Crippen LogP contribution in [0, 0.1) is 23.2 Å². The van der Waals surface area contributed by atoms with Crippen molar-refractivity contribution < 1.29 is 4.39 Å². The smallest absolute Gasteiger partial charge is 0.195 e. The predicted octanol–water partition coefficient (Wildman–Crippen LogP) is 6.54. The Kier molecular flexibility index (Phi) is 8.02. The standard InChI is InChI=1S/C22H30FN/c1-2-5-18-8-10-19(11-9-18)6-3-4-7-20-12-14-21(15-13-20)16-22(23)17-24/h8-11,16,20-21H,2-7,12-15H2,1H3/t20-,21-. The van der Waals surface area contributed by atoms with Crippen LogP contribution in [0.25, 0.3) is 0 Å². The van der Waals surface area contributed by atoms with E-state index in [1.807, 2.05) is 0 Å². The summed E-state index contributed by atoms with van der Waals surface area (Å²) in [5.41, 5.74) is 2.90. The molecule has 0 spiro atoms. The number of halogens is 1. The normalized spacial score (nSPS) is 21.5. The van der Waals surface area contributed by atoms with Crippen molar-refractivity contribution in [3.05, 3.63) is 47.3 Å². The summed E-state index contributed by atoms with van der Waals surface area (Å²) in [5.74, 6) is 0.470. The molecule has 0 heterocycles. The van der Waals surface area contributed by atoms with Crippen molar-refractivity contribution in [2.45, 2.75) is 71.1 Å². The second-order valence-corrected chi connectivity index (χ2v) is 7.22. The van der Waals surface area contributed by atoms with Crippen molar-refractivity contribution >= 4 is 0 Å². The molecule has 1 saturated carbocycles. The first kappa shape index (κ1) is 18.7. The van der Waals surface area contributed by atoms with Crippen LogP contribution in [0.2, 0.25) is 0 Å². The van der Waals surface area contributed by atoms with E-state index in [2.05, 4.69) is 31.2 Å². The molecule has 1 nitrogen and oxygen atoms in total. The predicted molar refractivity (Wildman–Crippen MR) is 98.2 cm³/mol. The van der Waals surface area contributed by atoms with E-state index in [1.165, 1.54) is 68.6 Å². The first-order chi connectivity index (χ1) is 11.7. The molecule has 130 valence electrons. The van der Waals surface area contributed by atoms with Crippen molar-refractivity contribution in [2.75, 3.05) is 0 Å². The molecular formula is C22H30FN. The number of allylic oxidation sites excluding steroid dienone is 2. The van der Waals surface area contributed by atoms with Gasteiger partial charge in [0.25, 0.3) is 0 Å². The summed E-state index contributed by atoms with van der Waals surface area (Å²) in [7, 11) is 0. The molecule has 0 saturated heterocycles. The second kappa shape index (κ2) is 10.3. The summed E-state index contributed by atoms with van der Waals surface area (Å²) in [4.78, 5) is 0. The minimum Gasteiger partial charge on any atom is -0.195 e. The third-order valence-corrected chi connectivity index (χ3v) is 5.27. The Morgan fingerprint density at radius 3 is 2.29 bits per heavy atom. The molecule has 0 aliphatic heterocycles. The molecular weight excluding hydrogens is 297 g/mol. The average molecular weight is 327 g/mol. The zero-order valence-electron chi connectivity index (χ0n) is 14.9. The Labute approximate surface area is 146 Å². The van der Waals surface area contributed by atoms with Gasteiger partial charge in [0.1, 0.15) is 6.07 Å². The van der Waals surface area contributed by atoms with E-state index in [0.717, 1.165) is 18.8 Å². The molecule has 24 heavy (non-hydrogen) atoms. The number of nitrogens with zero attached hydrogens (tertiary/aromatic N) is 1. The van der Waals surface area contributed by atoms with Gasteiger partial charge in [-0.05, 0) is 74.0 Å². The van der Waals surface area contributed by atoms with Crippen LogP contribution in [0.15, 0.2) is 36.2 Å². The fourth-order valence-corrected chi connectivity index (χ4v) is 3.81. The molecule has 0 N–H and O–H groups in total. The summed E-state index contributed by atoms with van der Waals surface area (Å²) in [5, 5.41) is 8.50. The van der Waals surface area contributed by atoms with Crippen molar-refractivity contribution in [3.63, 3.8) is 0 Å². The molecule has 1 aliphatic carbocycles. The number of hydrogen-bond donors (Lipinski definition) is 0. The van der Waals surface area contributed by atoms with Crippen molar-refractivity contribution in [1.29, 1.82) is 5.26 Å². The molecule has 1 aliphatic rings. The number of nitriles is 1. The van der Waals surface area contributed by atoms with E-state index < -0.39 is 5.83 Å². The Balaban J connectivity index is 1.61. The largest absolute Gasteiger partial charge is 0.196 e. The number of benzene rings is 1. The van der Waals surface area contributed by atoms with Gasteiger partial charge in [0, 0.05) is 0 Å². The summed E-state index contributed by atoms with van der Waals surface area (Å²) in [6.07, 6.45) is 13.4. The fourth-order valence-electron chi connectivity index (χ4n) is 3.81. The lowest BCUT2D eigenvalue weighted by molar-refractivity contribution is 0.288. The highest BCUT2D eigenvalue weighted by Gasteiger charge is 2.20. The lowest BCUT2D eigenvalue weighted by atomic mass is 9.79. The molecule has 2 heteroatoms. The Bertz CT molecular complexity index is 544. The second-order valence-electron chi connectivity index (χ2n) is 7.22. The molecule has 1 fully saturated rings. The highest BCUT2D eigenvalue weighted by atomic mass is 19.1. The van der Waals surface area contributed by atoms with Gasteiger partial charge in [-0.25, -0.2) is 0 Å². The van der Waals surface area contributed by atoms with Crippen LogP contribution in [0.1, 0.15) is 69.4 Å². The van der Waals surface area contributed by atoms with Gasteiger partial charge in [0.2, 0.25) is 0 Å². The Morgan fingerprint density at radius 2 is 1.71 bits per heavy atom. The quantitative estimate of drug-likeness (QED) is 0.393. The van der Waals surface area contributed by atoms with Gasteiger partial charge in [-0.15, -0.1) is 0 Å². The lowest BCUT2D eigenvalue weighted by Gasteiger charge is -2.26. The van der Waals surface area contributed by atoms with Gasteiger partial charge in [-0.1, -0.05) is 50.5 Å². The number of hydrogen-bond acceptors (Lipinski definition) is 1. The van der Waals surface area contributed by atoms with Gasteiger partial charge in [-0.3, -0.25) is 0 Å². The van der Waals surface area contributed by atoms with Crippen molar-refractivity contribution in [1.82, 2.24) is 0 Å². The first-order valence-electron chi connectivity index (χ1n) is 9.56. The highest BCUT2D eigenvalue weighted by molar-refractivity contribution is 5.22. The topological polar surface area (TPSA) is 23.8 Å². The molecule has 0 atom stereocenters. The van der Waals surface area contributed by atoms with Crippen LogP contribution in [0.4, 0.5) is 4.39 Å². The highest BCUT2D eigenvalue weighted by Crippen LogP contribution is 2.33. The summed E-state index contributed by atoms with van der Waals surface area (Å²) >= 11 is 0. The van der Waals surface area contributed by atoms with Gasteiger partial charge in [0.15, 0.2) is 5.83 Å². The monoisotopic (exact) mass is 327 g/mol. The summed E-state index contributed by atoms with van der Waals surface area (Å²) < 4.78 is 13.0. The van der Waals surface area contributed by atoms with Crippen molar-refractivity contribution in [3.8, 4) is 6.07 Å². The molecule has 0 bridgehead atoms. The molecule has 0 aromatic heterocycles.